The maximum atomic E-state index is 12.9. The van der Waals surface area contributed by atoms with Crippen molar-refractivity contribution < 1.29 is 4.74 Å². The van der Waals surface area contributed by atoms with E-state index >= 15 is 0 Å². The Hall–Kier alpha value is -1.90. The Kier molecular flexibility index (Phi) is 6.29. The summed E-state index contributed by atoms with van der Waals surface area (Å²) in [5.74, 6) is 1.47. The highest BCUT2D eigenvalue weighted by Gasteiger charge is 2.16. The van der Waals surface area contributed by atoms with Crippen molar-refractivity contribution >= 4 is 28.4 Å². The Bertz CT molecular complexity index is 934. The Balaban J connectivity index is 2.01. The lowest BCUT2D eigenvalue weighted by atomic mass is 10.2. The van der Waals surface area contributed by atoms with E-state index in [4.69, 9.17) is 4.74 Å². The second-order valence-electron chi connectivity index (χ2n) is 6.40. The molecular weight excluding hydrogens is 350 g/mol. The first kappa shape index (κ1) is 18.9. The SMILES string of the molecule is COCCCn1c(=O)c2ccccc2n2c(SCCNC(C)C)nnc12. The lowest BCUT2D eigenvalue weighted by Gasteiger charge is -2.11. The molecule has 0 fully saturated rings. The van der Waals surface area contributed by atoms with Gasteiger partial charge in [0.05, 0.1) is 10.9 Å². The first-order valence-electron chi connectivity index (χ1n) is 8.85. The van der Waals surface area contributed by atoms with Crippen LogP contribution in [0, 0.1) is 0 Å². The lowest BCUT2D eigenvalue weighted by molar-refractivity contribution is 0.190. The minimum atomic E-state index is -0.0328. The number of methoxy groups -OCH3 is 1. The van der Waals surface area contributed by atoms with E-state index in [1.54, 1.807) is 23.4 Å². The van der Waals surface area contributed by atoms with E-state index in [-0.39, 0.29) is 5.56 Å². The van der Waals surface area contributed by atoms with Crippen molar-refractivity contribution in [2.75, 3.05) is 26.0 Å². The zero-order valence-electron chi connectivity index (χ0n) is 15.4. The molecule has 8 heteroatoms. The van der Waals surface area contributed by atoms with Gasteiger partial charge in [0.2, 0.25) is 5.78 Å². The van der Waals surface area contributed by atoms with Crippen LogP contribution >= 0.6 is 11.8 Å². The summed E-state index contributed by atoms with van der Waals surface area (Å²) >= 11 is 1.64. The highest BCUT2D eigenvalue weighted by molar-refractivity contribution is 7.99. The van der Waals surface area contributed by atoms with Gasteiger partial charge in [0.25, 0.3) is 5.56 Å². The van der Waals surface area contributed by atoms with Crippen LogP contribution in [0.15, 0.2) is 34.2 Å². The number of rotatable bonds is 9. The van der Waals surface area contributed by atoms with Gasteiger partial charge in [0, 0.05) is 38.6 Å². The van der Waals surface area contributed by atoms with E-state index < -0.39 is 0 Å². The molecule has 0 amide bonds. The molecule has 0 spiro atoms. The summed E-state index contributed by atoms with van der Waals surface area (Å²) in [5.41, 5.74) is 0.814. The van der Waals surface area contributed by atoms with Gasteiger partial charge in [0.15, 0.2) is 5.16 Å². The number of aromatic nitrogens is 4. The number of hydrogen-bond acceptors (Lipinski definition) is 6. The fraction of sp³-hybridized carbons (Fsp3) is 0.500. The normalized spacial score (nSPS) is 11.8. The van der Waals surface area contributed by atoms with Gasteiger partial charge in [-0.1, -0.05) is 37.7 Å². The monoisotopic (exact) mass is 375 g/mol. The molecular formula is C18H25N5O2S. The molecule has 0 unspecified atom stereocenters. The molecule has 0 atom stereocenters. The van der Waals surface area contributed by atoms with Gasteiger partial charge in [-0.2, -0.15) is 0 Å². The summed E-state index contributed by atoms with van der Waals surface area (Å²) < 4.78 is 8.81. The van der Waals surface area contributed by atoms with Crippen molar-refractivity contribution in [3.05, 3.63) is 34.6 Å². The summed E-state index contributed by atoms with van der Waals surface area (Å²) in [4.78, 5) is 12.9. The average molecular weight is 375 g/mol. The molecule has 26 heavy (non-hydrogen) atoms. The van der Waals surface area contributed by atoms with Crippen LogP contribution in [0.4, 0.5) is 0 Å². The van der Waals surface area contributed by atoms with E-state index in [0.29, 0.717) is 30.4 Å². The Morgan fingerprint density at radius 3 is 2.85 bits per heavy atom. The van der Waals surface area contributed by atoms with Crippen LogP contribution in [0.1, 0.15) is 20.3 Å². The zero-order valence-corrected chi connectivity index (χ0v) is 16.3. The molecule has 0 saturated heterocycles. The largest absolute Gasteiger partial charge is 0.385 e. The number of benzene rings is 1. The summed E-state index contributed by atoms with van der Waals surface area (Å²) in [6.07, 6.45) is 0.748. The highest BCUT2D eigenvalue weighted by atomic mass is 32.2. The van der Waals surface area contributed by atoms with E-state index in [9.17, 15) is 4.79 Å². The van der Waals surface area contributed by atoms with Crippen molar-refractivity contribution in [2.45, 2.75) is 38.0 Å². The fourth-order valence-electron chi connectivity index (χ4n) is 2.89. The summed E-state index contributed by atoms with van der Waals surface area (Å²) in [6, 6.07) is 8.09. The maximum Gasteiger partial charge on any atom is 0.262 e. The van der Waals surface area contributed by atoms with Crippen LogP contribution in [0.3, 0.4) is 0 Å². The van der Waals surface area contributed by atoms with Gasteiger partial charge in [0.1, 0.15) is 0 Å². The van der Waals surface area contributed by atoms with Gasteiger partial charge in [-0.15, -0.1) is 10.2 Å². The van der Waals surface area contributed by atoms with Gasteiger partial charge in [-0.05, 0) is 18.6 Å². The molecule has 7 nitrogen and oxygen atoms in total. The number of hydrogen-bond donors (Lipinski definition) is 1. The number of thioether (sulfide) groups is 1. The van der Waals surface area contributed by atoms with Gasteiger partial charge < -0.3 is 10.1 Å². The van der Waals surface area contributed by atoms with Crippen LogP contribution in [0.2, 0.25) is 0 Å². The number of nitrogens with one attached hydrogen (secondary N) is 1. The molecule has 0 radical (unpaired) electrons. The van der Waals surface area contributed by atoms with E-state index in [1.165, 1.54) is 0 Å². The van der Waals surface area contributed by atoms with Crippen LogP contribution in [-0.4, -0.2) is 51.2 Å². The lowest BCUT2D eigenvalue weighted by Crippen LogP contribution is -2.25. The smallest absolute Gasteiger partial charge is 0.262 e. The Labute approximate surface area is 156 Å². The van der Waals surface area contributed by atoms with Crippen LogP contribution in [-0.2, 0) is 11.3 Å². The molecule has 2 heterocycles. The van der Waals surface area contributed by atoms with Gasteiger partial charge in [-0.25, -0.2) is 0 Å². The Morgan fingerprint density at radius 2 is 2.08 bits per heavy atom. The predicted octanol–water partition coefficient (Wildman–Crippen LogP) is 2.17. The van der Waals surface area contributed by atoms with Crippen molar-refractivity contribution in [3.8, 4) is 0 Å². The second-order valence-corrected chi connectivity index (χ2v) is 7.46. The molecule has 0 bridgehead atoms. The number of aryl methyl sites for hydroxylation is 1. The molecule has 0 aliphatic heterocycles. The standard InChI is InChI=1S/C18H25N5O2S/c1-13(2)19-9-12-26-18-21-20-17-22(10-6-11-25-3)16(24)14-7-4-5-8-15(14)23(17)18/h4-5,7-8,13,19H,6,9-12H2,1-3H3. The quantitative estimate of drug-likeness (QED) is 0.456. The fourth-order valence-corrected chi connectivity index (χ4v) is 3.70. The number of nitrogens with zero attached hydrogens (tertiary/aromatic N) is 4. The highest BCUT2D eigenvalue weighted by Crippen LogP contribution is 2.21. The van der Waals surface area contributed by atoms with Crippen LogP contribution in [0.5, 0.6) is 0 Å². The molecule has 3 aromatic rings. The maximum absolute atomic E-state index is 12.9. The topological polar surface area (TPSA) is 73.5 Å². The summed E-state index contributed by atoms with van der Waals surface area (Å²) in [5, 5.41) is 13.6. The average Bonchev–Trinajstić information content (AvgIpc) is 3.05. The summed E-state index contributed by atoms with van der Waals surface area (Å²) in [6.45, 7) is 6.30. The molecule has 140 valence electrons. The molecule has 0 aliphatic rings. The number of para-hydroxylation sites is 1. The number of fused-ring (bicyclic) bond motifs is 3. The van der Waals surface area contributed by atoms with Crippen molar-refractivity contribution in [1.29, 1.82) is 0 Å². The predicted molar refractivity (Wildman–Crippen MR) is 105 cm³/mol. The zero-order chi connectivity index (χ0) is 18.5. The molecule has 1 aromatic carbocycles. The number of ether oxygens (including phenoxy) is 1. The molecule has 0 saturated carbocycles. The summed E-state index contributed by atoms with van der Waals surface area (Å²) in [7, 11) is 1.66. The minimum absolute atomic E-state index is 0.0328. The third-order valence-corrected chi connectivity index (χ3v) is 5.02. The van der Waals surface area contributed by atoms with Crippen molar-refractivity contribution in [3.63, 3.8) is 0 Å². The Morgan fingerprint density at radius 1 is 1.27 bits per heavy atom. The van der Waals surface area contributed by atoms with Crippen molar-refractivity contribution in [2.24, 2.45) is 0 Å². The van der Waals surface area contributed by atoms with Gasteiger partial charge >= 0.3 is 0 Å². The minimum Gasteiger partial charge on any atom is -0.385 e. The molecule has 1 N–H and O–H groups in total. The van der Waals surface area contributed by atoms with E-state index in [1.807, 2.05) is 28.7 Å². The molecule has 3 rings (SSSR count). The second kappa shape index (κ2) is 8.66. The third-order valence-electron chi connectivity index (χ3n) is 4.09. The third kappa shape index (κ3) is 3.92. The first-order valence-corrected chi connectivity index (χ1v) is 9.84. The van der Waals surface area contributed by atoms with E-state index in [2.05, 4.69) is 29.4 Å². The van der Waals surface area contributed by atoms with Gasteiger partial charge in [-0.3, -0.25) is 13.8 Å². The van der Waals surface area contributed by atoms with Crippen LogP contribution < -0.4 is 10.9 Å². The van der Waals surface area contributed by atoms with E-state index in [0.717, 1.165) is 29.4 Å². The first-order chi connectivity index (χ1) is 12.6. The molecule has 2 aromatic heterocycles. The van der Waals surface area contributed by atoms with Crippen LogP contribution in [0.25, 0.3) is 16.7 Å². The van der Waals surface area contributed by atoms with Crippen molar-refractivity contribution in [1.82, 2.24) is 24.5 Å². The molecule has 0 aliphatic carbocycles.